The second kappa shape index (κ2) is 5.13. The highest BCUT2D eigenvalue weighted by Gasteiger charge is 2.10. The molecule has 2 nitrogen and oxygen atoms in total. The predicted octanol–water partition coefficient (Wildman–Crippen LogP) is 2.40. The number of allylic oxidation sites excluding steroid dienone is 1. The first kappa shape index (κ1) is 10.4. The van der Waals surface area contributed by atoms with Gasteiger partial charge in [0, 0.05) is 8.07 Å². The zero-order valence-electron chi connectivity index (χ0n) is 7.46. The molecule has 0 amide bonds. The topological polar surface area (TPSA) is 26.3 Å². The summed E-state index contributed by atoms with van der Waals surface area (Å²) in [4.78, 5) is 9.70. The van der Waals surface area contributed by atoms with Gasteiger partial charge in [-0.15, -0.1) is 0 Å². The highest BCUT2D eigenvalue weighted by molar-refractivity contribution is 6.76. The van der Waals surface area contributed by atoms with E-state index in [-0.39, 0.29) is 0 Å². The quantitative estimate of drug-likeness (QED) is 0.361. The molecular weight excluding hydrogens is 156 g/mol. The monoisotopic (exact) mass is 172 g/mol. The molecule has 0 aliphatic heterocycles. The van der Waals surface area contributed by atoms with E-state index < -0.39 is 8.07 Å². The van der Waals surface area contributed by atoms with Gasteiger partial charge in [-0.1, -0.05) is 25.7 Å². The molecule has 0 aromatic rings. The van der Waals surface area contributed by atoms with Gasteiger partial charge in [-0.3, -0.25) is 4.79 Å². The summed E-state index contributed by atoms with van der Waals surface area (Å²) in [5, 5.41) is 0. The lowest BCUT2D eigenvalue weighted by atomic mass is 10.5. The van der Waals surface area contributed by atoms with E-state index in [9.17, 15) is 4.79 Å². The number of carbonyl (C=O) groups excluding carboxylic acids is 1. The number of hydrogen-bond donors (Lipinski definition) is 0. The van der Waals surface area contributed by atoms with E-state index in [0.717, 1.165) is 6.42 Å². The normalized spacial score (nSPS) is 11.9. The molecule has 0 rings (SSSR count). The van der Waals surface area contributed by atoms with Crippen molar-refractivity contribution in [1.29, 1.82) is 0 Å². The average molecular weight is 172 g/mol. The Hall–Kier alpha value is -0.573. The molecule has 0 N–H and O–H groups in total. The summed E-state index contributed by atoms with van der Waals surface area (Å²) in [6.07, 6.45) is 4.36. The molecular formula is C8H16O2Si. The van der Waals surface area contributed by atoms with Gasteiger partial charge in [0.25, 0.3) is 6.47 Å². The SMILES string of the molecule is C[Si](C)(C)CCC=COC=O. The van der Waals surface area contributed by atoms with Crippen molar-refractivity contribution in [1.82, 2.24) is 0 Å². The summed E-state index contributed by atoms with van der Waals surface area (Å²) >= 11 is 0. The lowest BCUT2D eigenvalue weighted by Crippen LogP contribution is -2.18. The maximum Gasteiger partial charge on any atom is 0.297 e. The Kier molecular flexibility index (Phi) is 4.86. The van der Waals surface area contributed by atoms with E-state index in [4.69, 9.17) is 0 Å². The predicted molar refractivity (Wildman–Crippen MR) is 49.1 cm³/mol. The van der Waals surface area contributed by atoms with E-state index >= 15 is 0 Å². The Morgan fingerprint density at radius 2 is 2.00 bits per heavy atom. The van der Waals surface area contributed by atoms with Crippen molar-refractivity contribution < 1.29 is 9.53 Å². The maximum atomic E-state index is 9.70. The highest BCUT2D eigenvalue weighted by atomic mass is 28.3. The third kappa shape index (κ3) is 9.43. The molecule has 0 radical (unpaired) electrons. The first-order chi connectivity index (χ1) is 5.06. The van der Waals surface area contributed by atoms with Gasteiger partial charge in [0.2, 0.25) is 0 Å². The smallest absolute Gasteiger partial charge is 0.297 e. The fraction of sp³-hybridized carbons (Fsp3) is 0.625. The van der Waals surface area contributed by atoms with Crippen molar-refractivity contribution in [3.63, 3.8) is 0 Å². The molecule has 0 unspecified atom stereocenters. The van der Waals surface area contributed by atoms with Gasteiger partial charge in [-0.2, -0.15) is 0 Å². The van der Waals surface area contributed by atoms with Crippen molar-refractivity contribution in [2.45, 2.75) is 32.1 Å². The van der Waals surface area contributed by atoms with Crippen LogP contribution < -0.4 is 0 Å². The van der Waals surface area contributed by atoms with Gasteiger partial charge in [0.15, 0.2) is 0 Å². The Bertz CT molecular complexity index is 136. The number of hydrogen-bond acceptors (Lipinski definition) is 2. The molecule has 0 spiro atoms. The van der Waals surface area contributed by atoms with Crippen LogP contribution >= 0.6 is 0 Å². The summed E-state index contributed by atoms with van der Waals surface area (Å²) in [5.74, 6) is 0. The zero-order chi connectivity index (χ0) is 8.74. The van der Waals surface area contributed by atoms with Crippen LogP contribution in [-0.4, -0.2) is 14.5 Å². The minimum absolute atomic E-state index is 0.436. The molecule has 0 atom stereocenters. The van der Waals surface area contributed by atoms with Gasteiger partial charge in [-0.05, 0) is 12.5 Å². The fourth-order valence-electron chi connectivity index (χ4n) is 0.672. The second-order valence-corrected chi connectivity index (χ2v) is 9.32. The summed E-state index contributed by atoms with van der Waals surface area (Å²) < 4.78 is 4.40. The minimum Gasteiger partial charge on any atom is -0.437 e. The summed E-state index contributed by atoms with van der Waals surface area (Å²) in [5.41, 5.74) is 0. The van der Waals surface area contributed by atoms with Crippen LogP contribution in [0.2, 0.25) is 25.7 Å². The maximum absolute atomic E-state index is 9.70. The Morgan fingerprint density at radius 3 is 2.45 bits per heavy atom. The van der Waals surface area contributed by atoms with Gasteiger partial charge >= 0.3 is 0 Å². The summed E-state index contributed by atoms with van der Waals surface area (Å²) in [6.45, 7) is 7.40. The average Bonchev–Trinajstić information content (AvgIpc) is 1.85. The minimum atomic E-state index is -0.913. The Balaban J connectivity index is 3.34. The van der Waals surface area contributed by atoms with Crippen LogP contribution in [0.3, 0.4) is 0 Å². The number of rotatable bonds is 5. The molecule has 0 bridgehead atoms. The molecule has 64 valence electrons. The second-order valence-electron chi connectivity index (χ2n) is 3.70. The Labute approximate surface area is 69.3 Å². The van der Waals surface area contributed by atoms with Crippen LogP contribution in [0, 0.1) is 0 Å². The summed E-state index contributed by atoms with van der Waals surface area (Å²) in [6, 6.07) is 1.24. The van der Waals surface area contributed by atoms with Gasteiger partial charge in [-0.25, -0.2) is 0 Å². The molecule has 0 saturated heterocycles. The highest BCUT2D eigenvalue weighted by Crippen LogP contribution is 2.10. The van der Waals surface area contributed by atoms with E-state index in [1.54, 1.807) is 0 Å². The molecule has 0 aliphatic carbocycles. The molecule has 0 saturated carbocycles. The molecule has 11 heavy (non-hydrogen) atoms. The van der Waals surface area contributed by atoms with Crippen molar-refractivity contribution in [3.8, 4) is 0 Å². The van der Waals surface area contributed by atoms with E-state index in [2.05, 4.69) is 24.4 Å². The number of ether oxygens (including phenoxy) is 1. The van der Waals surface area contributed by atoms with E-state index in [0.29, 0.717) is 6.47 Å². The molecule has 0 fully saturated rings. The van der Waals surface area contributed by atoms with Crippen molar-refractivity contribution in [3.05, 3.63) is 12.3 Å². The van der Waals surface area contributed by atoms with Gasteiger partial charge in [0.05, 0.1) is 6.26 Å². The molecule has 0 aromatic carbocycles. The van der Waals surface area contributed by atoms with E-state index in [1.807, 2.05) is 6.08 Å². The van der Waals surface area contributed by atoms with Crippen LogP contribution in [0.5, 0.6) is 0 Å². The lowest BCUT2D eigenvalue weighted by molar-refractivity contribution is -0.123. The van der Waals surface area contributed by atoms with Crippen LogP contribution in [0.25, 0.3) is 0 Å². The lowest BCUT2D eigenvalue weighted by Gasteiger charge is -2.12. The zero-order valence-corrected chi connectivity index (χ0v) is 8.46. The summed E-state index contributed by atoms with van der Waals surface area (Å²) in [7, 11) is -0.913. The van der Waals surface area contributed by atoms with Crippen molar-refractivity contribution >= 4 is 14.5 Å². The third-order valence-corrected chi connectivity index (χ3v) is 3.08. The van der Waals surface area contributed by atoms with E-state index in [1.165, 1.54) is 12.3 Å². The largest absolute Gasteiger partial charge is 0.437 e. The van der Waals surface area contributed by atoms with Crippen LogP contribution in [-0.2, 0) is 9.53 Å². The van der Waals surface area contributed by atoms with Crippen LogP contribution in [0.4, 0.5) is 0 Å². The van der Waals surface area contributed by atoms with Gasteiger partial charge in [0.1, 0.15) is 0 Å². The Morgan fingerprint density at radius 1 is 1.36 bits per heavy atom. The van der Waals surface area contributed by atoms with Crippen molar-refractivity contribution in [2.24, 2.45) is 0 Å². The van der Waals surface area contributed by atoms with Crippen LogP contribution in [0.1, 0.15) is 6.42 Å². The molecule has 0 heterocycles. The fourth-order valence-corrected chi connectivity index (χ4v) is 1.70. The first-order valence-corrected chi connectivity index (χ1v) is 7.51. The van der Waals surface area contributed by atoms with Gasteiger partial charge < -0.3 is 4.74 Å². The standard InChI is InChI=1S/C8H16O2Si/c1-11(2,3)7-5-4-6-10-8-9/h4,6,8H,5,7H2,1-3H3. The van der Waals surface area contributed by atoms with Crippen LogP contribution in [0.15, 0.2) is 12.3 Å². The molecule has 3 heteroatoms. The van der Waals surface area contributed by atoms with Crippen molar-refractivity contribution in [2.75, 3.05) is 0 Å². The molecule has 0 aliphatic rings. The molecule has 0 aromatic heterocycles. The third-order valence-electron chi connectivity index (χ3n) is 1.29. The first-order valence-electron chi connectivity index (χ1n) is 3.80. The number of carbonyl (C=O) groups is 1.